The lowest BCUT2D eigenvalue weighted by Gasteiger charge is -2.04. The van der Waals surface area contributed by atoms with Crippen molar-refractivity contribution in [1.29, 1.82) is 0 Å². The van der Waals surface area contributed by atoms with Crippen LogP contribution in [0.25, 0.3) is 22.0 Å². The molecule has 28 heavy (non-hydrogen) atoms. The van der Waals surface area contributed by atoms with Crippen molar-refractivity contribution in [3.63, 3.8) is 0 Å². The highest BCUT2D eigenvalue weighted by Gasteiger charge is 2.18. The third kappa shape index (κ3) is 3.65. The van der Waals surface area contributed by atoms with Gasteiger partial charge in [0.05, 0.1) is 16.3 Å². The molecule has 6 heteroatoms. The van der Waals surface area contributed by atoms with Gasteiger partial charge in [-0.2, -0.15) is 5.10 Å². The maximum Gasteiger partial charge on any atom is 0.288 e. The Bertz CT molecular complexity index is 1180. The van der Waals surface area contributed by atoms with Gasteiger partial charge in [0.25, 0.3) is 5.91 Å². The Balaban J connectivity index is 1.66. The number of carbonyl (C=O) groups is 1. The lowest BCUT2D eigenvalue weighted by molar-refractivity contribution is 0.0951. The molecule has 1 amide bonds. The van der Waals surface area contributed by atoms with Crippen molar-refractivity contribution in [3.05, 3.63) is 94.1 Å². The number of nitrogens with one attached hydrogen (secondary N) is 2. The van der Waals surface area contributed by atoms with E-state index < -0.39 is 0 Å². The van der Waals surface area contributed by atoms with E-state index in [0.29, 0.717) is 15.7 Å². The number of halogens is 2. The second-order valence-corrected chi connectivity index (χ2v) is 6.97. The Morgan fingerprint density at radius 3 is 2.46 bits per heavy atom. The van der Waals surface area contributed by atoms with Gasteiger partial charge in [-0.05, 0) is 29.3 Å². The van der Waals surface area contributed by atoms with Crippen LogP contribution in [-0.4, -0.2) is 17.1 Å². The molecule has 0 aliphatic carbocycles. The number of amides is 1. The molecule has 4 nitrogen and oxygen atoms in total. The third-order valence-electron chi connectivity index (χ3n) is 4.32. The summed E-state index contributed by atoms with van der Waals surface area (Å²) in [5.41, 5.74) is 6.46. The van der Waals surface area contributed by atoms with Crippen LogP contribution >= 0.6 is 23.2 Å². The molecule has 0 aliphatic heterocycles. The summed E-state index contributed by atoms with van der Waals surface area (Å²) in [5, 5.41) is 5.92. The van der Waals surface area contributed by atoms with Gasteiger partial charge in [0, 0.05) is 16.5 Å². The minimum atomic E-state index is -0.327. The lowest BCUT2D eigenvalue weighted by atomic mass is 10.0. The van der Waals surface area contributed by atoms with Crippen LogP contribution < -0.4 is 5.43 Å². The highest BCUT2D eigenvalue weighted by Crippen LogP contribution is 2.32. The third-order valence-corrected chi connectivity index (χ3v) is 5.06. The number of hydrogen-bond acceptors (Lipinski definition) is 2. The zero-order valence-electron chi connectivity index (χ0n) is 14.6. The van der Waals surface area contributed by atoms with Crippen LogP contribution in [0.2, 0.25) is 10.0 Å². The molecule has 0 aliphatic rings. The smallest absolute Gasteiger partial charge is 0.288 e. The summed E-state index contributed by atoms with van der Waals surface area (Å²) in [5.74, 6) is -0.327. The summed E-state index contributed by atoms with van der Waals surface area (Å²) < 4.78 is 0. The van der Waals surface area contributed by atoms with Gasteiger partial charge in [-0.25, -0.2) is 5.43 Å². The molecule has 1 heterocycles. The van der Waals surface area contributed by atoms with Crippen molar-refractivity contribution in [2.75, 3.05) is 0 Å². The minimum Gasteiger partial charge on any atom is -0.350 e. The van der Waals surface area contributed by atoms with Gasteiger partial charge in [0.2, 0.25) is 0 Å². The number of H-pyrrole nitrogens is 1. The Morgan fingerprint density at radius 2 is 1.68 bits per heavy atom. The number of aromatic nitrogens is 1. The summed E-state index contributed by atoms with van der Waals surface area (Å²) in [6.45, 7) is 0. The summed E-state index contributed by atoms with van der Waals surface area (Å²) in [6, 6.07) is 22.7. The molecule has 1 aromatic heterocycles. The number of benzene rings is 3. The highest BCUT2D eigenvalue weighted by molar-refractivity contribution is 6.42. The van der Waals surface area contributed by atoms with Crippen molar-refractivity contribution in [2.45, 2.75) is 0 Å². The van der Waals surface area contributed by atoms with Gasteiger partial charge in [0.15, 0.2) is 0 Å². The quantitative estimate of drug-likeness (QED) is 0.320. The van der Waals surface area contributed by atoms with Crippen LogP contribution in [0.4, 0.5) is 0 Å². The summed E-state index contributed by atoms with van der Waals surface area (Å²) in [6.07, 6.45) is 1.52. The Morgan fingerprint density at radius 1 is 0.929 bits per heavy atom. The first-order valence-corrected chi connectivity index (χ1v) is 9.33. The van der Waals surface area contributed by atoms with E-state index in [1.165, 1.54) is 6.21 Å². The van der Waals surface area contributed by atoms with Crippen LogP contribution in [-0.2, 0) is 0 Å². The number of para-hydroxylation sites is 1. The second kappa shape index (κ2) is 7.89. The molecule has 0 bridgehead atoms. The van der Waals surface area contributed by atoms with Crippen molar-refractivity contribution in [1.82, 2.24) is 10.4 Å². The number of nitrogens with zero attached hydrogens (tertiary/aromatic N) is 1. The van der Waals surface area contributed by atoms with E-state index in [9.17, 15) is 4.79 Å². The van der Waals surface area contributed by atoms with Crippen LogP contribution in [0.15, 0.2) is 77.9 Å². The fraction of sp³-hybridized carbons (Fsp3) is 0. The molecule has 138 valence electrons. The summed E-state index contributed by atoms with van der Waals surface area (Å²) >= 11 is 11.9. The fourth-order valence-corrected chi connectivity index (χ4v) is 3.34. The zero-order valence-corrected chi connectivity index (χ0v) is 16.1. The molecule has 4 rings (SSSR count). The first kappa shape index (κ1) is 18.3. The van der Waals surface area contributed by atoms with Crippen molar-refractivity contribution in [2.24, 2.45) is 5.10 Å². The van der Waals surface area contributed by atoms with Gasteiger partial charge in [-0.3, -0.25) is 4.79 Å². The monoisotopic (exact) mass is 407 g/mol. The average molecular weight is 408 g/mol. The molecular weight excluding hydrogens is 393 g/mol. The van der Waals surface area contributed by atoms with Gasteiger partial charge >= 0.3 is 0 Å². The molecular formula is C22H15Cl2N3O. The summed E-state index contributed by atoms with van der Waals surface area (Å²) in [4.78, 5) is 16.0. The summed E-state index contributed by atoms with van der Waals surface area (Å²) in [7, 11) is 0. The number of fused-ring (bicyclic) bond motifs is 1. The number of hydrazone groups is 1. The van der Waals surface area contributed by atoms with Crippen LogP contribution in [0, 0.1) is 0 Å². The molecule has 0 saturated heterocycles. The second-order valence-electron chi connectivity index (χ2n) is 6.16. The van der Waals surface area contributed by atoms with Gasteiger partial charge in [-0.15, -0.1) is 0 Å². The van der Waals surface area contributed by atoms with Crippen molar-refractivity contribution in [3.8, 4) is 11.1 Å². The molecule has 0 atom stereocenters. The SMILES string of the molecule is O=C(N/N=C\c1ccc(Cl)c(Cl)c1)c1[nH]c2ccccc2c1-c1ccccc1. The highest BCUT2D eigenvalue weighted by atomic mass is 35.5. The van der Waals surface area contributed by atoms with E-state index in [1.54, 1.807) is 18.2 Å². The molecule has 0 saturated carbocycles. The molecule has 0 fully saturated rings. The van der Waals surface area contributed by atoms with Gasteiger partial charge < -0.3 is 4.98 Å². The topological polar surface area (TPSA) is 57.2 Å². The Kier molecular flexibility index (Phi) is 5.15. The zero-order chi connectivity index (χ0) is 19.5. The first-order chi connectivity index (χ1) is 13.6. The van der Waals surface area contributed by atoms with E-state index in [0.717, 1.165) is 27.6 Å². The van der Waals surface area contributed by atoms with Crippen LogP contribution in [0.3, 0.4) is 0 Å². The molecule has 3 aromatic carbocycles. The fourth-order valence-electron chi connectivity index (χ4n) is 3.03. The van der Waals surface area contributed by atoms with Gasteiger partial charge in [0.1, 0.15) is 5.69 Å². The Labute approximate surface area is 171 Å². The van der Waals surface area contributed by atoms with Gasteiger partial charge in [-0.1, -0.05) is 77.8 Å². The molecule has 0 radical (unpaired) electrons. The molecule has 0 spiro atoms. The van der Waals surface area contributed by atoms with Crippen molar-refractivity contribution < 1.29 is 4.79 Å². The Hall–Kier alpha value is -3.08. The largest absolute Gasteiger partial charge is 0.350 e. The maximum atomic E-state index is 12.8. The van der Waals surface area contributed by atoms with E-state index in [4.69, 9.17) is 23.2 Å². The lowest BCUT2D eigenvalue weighted by Crippen LogP contribution is -2.18. The first-order valence-electron chi connectivity index (χ1n) is 8.58. The van der Waals surface area contributed by atoms with E-state index in [2.05, 4.69) is 15.5 Å². The maximum absolute atomic E-state index is 12.8. The van der Waals surface area contributed by atoms with Crippen LogP contribution in [0.1, 0.15) is 16.1 Å². The predicted molar refractivity (Wildman–Crippen MR) is 115 cm³/mol. The molecule has 2 N–H and O–H groups in total. The molecule has 4 aromatic rings. The van der Waals surface area contributed by atoms with E-state index in [-0.39, 0.29) is 5.91 Å². The molecule has 0 unspecified atom stereocenters. The van der Waals surface area contributed by atoms with Crippen LogP contribution in [0.5, 0.6) is 0 Å². The number of carbonyl (C=O) groups excluding carboxylic acids is 1. The average Bonchev–Trinajstić information content (AvgIpc) is 3.11. The predicted octanol–water partition coefficient (Wildman–Crippen LogP) is 5.91. The van der Waals surface area contributed by atoms with E-state index in [1.807, 2.05) is 54.6 Å². The number of hydrogen-bond donors (Lipinski definition) is 2. The van der Waals surface area contributed by atoms with E-state index >= 15 is 0 Å². The van der Waals surface area contributed by atoms with Crippen molar-refractivity contribution >= 4 is 46.2 Å². The standard InChI is InChI=1S/C22H15Cl2N3O/c23-17-11-10-14(12-18(17)24)13-25-27-22(28)21-20(15-6-2-1-3-7-15)16-8-4-5-9-19(16)26-21/h1-13,26H,(H,27,28)/b25-13-. The normalized spacial score (nSPS) is 11.2. The number of aromatic amines is 1. The minimum absolute atomic E-state index is 0.327. The number of rotatable bonds is 4.